The van der Waals surface area contributed by atoms with Gasteiger partial charge in [-0.15, -0.1) is 0 Å². The van der Waals surface area contributed by atoms with Crippen LogP contribution in [0.2, 0.25) is 0 Å². The van der Waals surface area contributed by atoms with Crippen molar-refractivity contribution in [2.45, 2.75) is 4.90 Å². The van der Waals surface area contributed by atoms with E-state index in [1.807, 2.05) is 0 Å². The van der Waals surface area contributed by atoms with Gasteiger partial charge in [0.05, 0.1) is 4.92 Å². The molecule has 1 aromatic rings. The van der Waals surface area contributed by atoms with Crippen LogP contribution in [0.15, 0.2) is 17.2 Å². The maximum atomic E-state index is 10.7. The van der Waals surface area contributed by atoms with Crippen LogP contribution in [0.1, 0.15) is 0 Å². The Morgan fingerprint density at radius 2 is 2.14 bits per heavy atom. The molecule has 1 aromatic heterocycles. The van der Waals surface area contributed by atoms with Gasteiger partial charge < -0.3 is 5.73 Å². The highest BCUT2D eigenvalue weighted by atomic mass is 32.2. The van der Waals surface area contributed by atoms with Crippen LogP contribution in [0.4, 0.5) is 11.5 Å². The lowest BCUT2D eigenvalue weighted by atomic mass is 10.4. The SMILES string of the molecule is Nc1nccc(S(=O)(=O)O)c1[N+](=O)[O-]. The summed E-state index contributed by atoms with van der Waals surface area (Å²) < 4.78 is 30.0. The summed E-state index contributed by atoms with van der Waals surface area (Å²) in [4.78, 5) is 11.8. The van der Waals surface area contributed by atoms with Crippen LogP contribution in [0.5, 0.6) is 0 Å². The van der Waals surface area contributed by atoms with Gasteiger partial charge in [0.25, 0.3) is 0 Å². The molecule has 0 saturated heterocycles. The fourth-order valence-electron chi connectivity index (χ4n) is 0.843. The van der Waals surface area contributed by atoms with E-state index >= 15 is 0 Å². The summed E-state index contributed by atoms with van der Waals surface area (Å²) in [5.41, 5.74) is 4.17. The third-order valence-corrected chi connectivity index (χ3v) is 2.26. The normalized spacial score (nSPS) is 11.2. The second kappa shape index (κ2) is 3.20. The van der Waals surface area contributed by atoms with Crippen molar-refractivity contribution in [1.29, 1.82) is 0 Å². The van der Waals surface area contributed by atoms with Crippen molar-refractivity contribution in [3.63, 3.8) is 0 Å². The molecule has 0 unspecified atom stereocenters. The molecule has 1 heterocycles. The maximum Gasteiger partial charge on any atom is 0.332 e. The zero-order chi connectivity index (χ0) is 10.9. The van der Waals surface area contributed by atoms with Crippen molar-refractivity contribution in [2.75, 3.05) is 5.73 Å². The summed E-state index contributed by atoms with van der Waals surface area (Å²) in [6, 6.07) is 0.795. The smallest absolute Gasteiger partial charge is 0.332 e. The summed E-state index contributed by atoms with van der Waals surface area (Å²) in [6.45, 7) is 0. The van der Waals surface area contributed by atoms with Gasteiger partial charge >= 0.3 is 15.8 Å². The van der Waals surface area contributed by atoms with Crippen molar-refractivity contribution in [1.82, 2.24) is 4.98 Å². The number of aromatic nitrogens is 1. The first kappa shape index (κ1) is 10.3. The number of hydrogen-bond acceptors (Lipinski definition) is 6. The first-order valence-corrected chi connectivity index (χ1v) is 4.64. The van der Waals surface area contributed by atoms with E-state index in [2.05, 4.69) is 4.98 Å². The highest BCUT2D eigenvalue weighted by molar-refractivity contribution is 7.86. The van der Waals surface area contributed by atoms with Crippen molar-refractivity contribution in [3.8, 4) is 0 Å². The van der Waals surface area contributed by atoms with E-state index in [0.717, 1.165) is 12.3 Å². The van der Waals surface area contributed by atoms with Crippen molar-refractivity contribution >= 4 is 21.6 Å². The zero-order valence-corrected chi connectivity index (χ0v) is 7.43. The summed E-state index contributed by atoms with van der Waals surface area (Å²) in [7, 11) is -4.66. The van der Waals surface area contributed by atoms with Gasteiger partial charge in [0, 0.05) is 6.20 Å². The molecule has 0 atom stereocenters. The van der Waals surface area contributed by atoms with Crippen LogP contribution in [0, 0.1) is 10.1 Å². The highest BCUT2D eigenvalue weighted by Gasteiger charge is 2.27. The van der Waals surface area contributed by atoms with Crippen molar-refractivity contribution in [3.05, 3.63) is 22.4 Å². The van der Waals surface area contributed by atoms with Gasteiger partial charge in [0.2, 0.25) is 5.82 Å². The molecule has 9 heteroatoms. The third kappa shape index (κ3) is 1.78. The second-order valence-corrected chi connectivity index (χ2v) is 3.67. The molecule has 0 radical (unpaired) electrons. The number of anilines is 1. The molecule has 0 bridgehead atoms. The Labute approximate surface area is 78.3 Å². The summed E-state index contributed by atoms with van der Waals surface area (Å²) in [5.74, 6) is -0.565. The molecule has 3 N–H and O–H groups in total. The summed E-state index contributed by atoms with van der Waals surface area (Å²) >= 11 is 0. The fraction of sp³-hybridized carbons (Fsp3) is 0. The number of hydrogen-bond donors (Lipinski definition) is 2. The number of pyridine rings is 1. The Morgan fingerprint density at radius 1 is 1.57 bits per heavy atom. The molecule has 0 saturated carbocycles. The lowest BCUT2D eigenvalue weighted by molar-refractivity contribution is -0.387. The molecule has 0 aliphatic carbocycles. The Hall–Kier alpha value is -1.74. The molecular formula is C5H5N3O5S. The Morgan fingerprint density at radius 3 is 2.50 bits per heavy atom. The van der Waals surface area contributed by atoms with Crippen LogP contribution in [0.25, 0.3) is 0 Å². The Balaban J connectivity index is 3.61. The average molecular weight is 219 g/mol. The molecule has 14 heavy (non-hydrogen) atoms. The fourth-order valence-corrected chi connectivity index (χ4v) is 1.50. The van der Waals surface area contributed by atoms with Crippen LogP contribution >= 0.6 is 0 Å². The lowest BCUT2D eigenvalue weighted by Gasteiger charge is -2.00. The summed E-state index contributed by atoms with van der Waals surface area (Å²) in [6.07, 6.45) is 0.950. The van der Waals surface area contributed by atoms with Crippen molar-refractivity contribution in [2.24, 2.45) is 0 Å². The zero-order valence-electron chi connectivity index (χ0n) is 6.61. The molecule has 0 spiro atoms. The van der Waals surface area contributed by atoms with Crippen LogP contribution in [-0.2, 0) is 10.1 Å². The van der Waals surface area contributed by atoms with E-state index in [1.165, 1.54) is 0 Å². The maximum absolute atomic E-state index is 10.7. The molecule has 0 aromatic carbocycles. The Kier molecular flexibility index (Phi) is 2.36. The number of rotatable bonds is 2. The van der Waals surface area contributed by atoms with Gasteiger partial charge in [-0.1, -0.05) is 0 Å². The topological polar surface area (TPSA) is 136 Å². The molecule has 0 aliphatic heterocycles. The van der Waals surface area contributed by atoms with E-state index in [-0.39, 0.29) is 0 Å². The van der Waals surface area contributed by atoms with Crippen LogP contribution in [-0.4, -0.2) is 22.9 Å². The van der Waals surface area contributed by atoms with Gasteiger partial charge in [-0.3, -0.25) is 14.7 Å². The molecule has 76 valence electrons. The lowest BCUT2D eigenvalue weighted by Crippen LogP contribution is -2.07. The summed E-state index contributed by atoms with van der Waals surface area (Å²) in [5, 5.41) is 10.4. The molecule has 0 fully saturated rings. The average Bonchev–Trinajstić information content (AvgIpc) is 2.01. The van der Waals surface area contributed by atoms with Crippen molar-refractivity contribution < 1.29 is 17.9 Å². The minimum Gasteiger partial charge on any atom is -0.378 e. The number of nitrogens with zero attached hydrogens (tertiary/aromatic N) is 2. The Bertz CT molecular complexity index is 482. The van der Waals surface area contributed by atoms with E-state index in [0.29, 0.717) is 0 Å². The highest BCUT2D eigenvalue weighted by Crippen LogP contribution is 2.27. The molecule has 0 amide bonds. The van der Waals surface area contributed by atoms with E-state index < -0.39 is 31.4 Å². The predicted molar refractivity (Wildman–Crippen MR) is 45.1 cm³/mol. The first-order chi connectivity index (χ1) is 6.34. The van der Waals surface area contributed by atoms with Crippen LogP contribution in [0.3, 0.4) is 0 Å². The number of nitrogen functional groups attached to an aromatic ring is 1. The largest absolute Gasteiger partial charge is 0.378 e. The monoisotopic (exact) mass is 219 g/mol. The van der Waals surface area contributed by atoms with Crippen LogP contribution < -0.4 is 5.73 Å². The molecular weight excluding hydrogens is 214 g/mol. The number of nitro groups is 1. The quantitative estimate of drug-likeness (QED) is 0.399. The minimum absolute atomic E-state index is 0.565. The standard InChI is InChI=1S/C5H5N3O5S/c6-5-4(8(9)10)3(1-2-7-5)14(11,12)13/h1-2H,(H2,6,7)(H,11,12,13). The van der Waals surface area contributed by atoms with Gasteiger partial charge in [0.15, 0.2) is 4.90 Å². The predicted octanol–water partition coefficient (Wildman–Crippen LogP) is -0.181. The van der Waals surface area contributed by atoms with Gasteiger partial charge in [-0.05, 0) is 6.07 Å². The molecule has 1 rings (SSSR count). The minimum atomic E-state index is -4.66. The van der Waals surface area contributed by atoms with E-state index in [9.17, 15) is 18.5 Å². The third-order valence-electron chi connectivity index (χ3n) is 1.38. The van der Waals surface area contributed by atoms with E-state index in [4.69, 9.17) is 10.3 Å². The first-order valence-electron chi connectivity index (χ1n) is 3.20. The van der Waals surface area contributed by atoms with E-state index in [1.54, 1.807) is 0 Å². The number of nitrogens with two attached hydrogens (primary N) is 1. The second-order valence-electron chi connectivity index (χ2n) is 2.28. The van der Waals surface area contributed by atoms with Gasteiger partial charge in [-0.2, -0.15) is 8.42 Å². The van der Waals surface area contributed by atoms with Gasteiger partial charge in [0.1, 0.15) is 0 Å². The molecule has 0 aliphatic rings. The molecule has 8 nitrogen and oxygen atoms in total. The van der Waals surface area contributed by atoms with Gasteiger partial charge in [-0.25, -0.2) is 4.98 Å².